The molecule has 1 aromatic carbocycles. The Hall–Kier alpha value is -2.39. The van der Waals surface area contributed by atoms with Crippen LogP contribution in [0.15, 0.2) is 29.7 Å². The third kappa shape index (κ3) is 4.93. The van der Waals surface area contributed by atoms with E-state index in [0.717, 1.165) is 16.9 Å². The van der Waals surface area contributed by atoms with Crippen LogP contribution in [0.25, 0.3) is 0 Å². The van der Waals surface area contributed by atoms with Crippen molar-refractivity contribution in [2.45, 2.75) is 44.9 Å². The fourth-order valence-electron chi connectivity index (χ4n) is 4.49. The lowest BCUT2D eigenvalue weighted by atomic mass is 9.90. The number of benzene rings is 1. The van der Waals surface area contributed by atoms with Crippen molar-refractivity contribution in [2.75, 3.05) is 31.9 Å². The van der Waals surface area contributed by atoms with Crippen molar-refractivity contribution in [1.82, 2.24) is 15.1 Å². The molecular weight excluding hydrogens is 418 g/mol. The number of hydrogen-bond acceptors (Lipinski definition) is 6. The number of fused-ring (bicyclic) bond motifs is 1. The molecule has 3 heterocycles. The minimum absolute atomic E-state index is 0.00298. The number of rotatable bonds is 3. The number of carbonyl (C=O) groups excluding carboxylic acids is 2. The predicted molar refractivity (Wildman–Crippen MR) is 116 cm³/mol. The number of amides is 2. The smallest absolute Gasteiger partial charge is 0.236 e. The van der Waals surface area contributed by atoms with Gasteiger partial charge in [0.05, 0.1) is 18.8 Å². The minimum atomic E-state index is -3.15. The Morgan fingerprint density at radius 1 is 1.23 bits per heavy atom. The second-order valence-corrected chi connectivity index (χ2v) is 10.7. The van der Waals surface area contributed by atoms with Gasteiger partial charge in [-0.05, 0) is 13.0 Å². The van der Waals surface area contributed by atoms with E-state index in [9.17, 15) is 18.0 Å². The molecule has 1 N–H and O–H groups in total. The molecule has 3 aliphatic heterocycles. The Morgan fingerprint density at radius 3 is 2.61 bits per heavy atom. The highest BCUT2D eigenvalue weighted by molar-refractivity contribution is 7.94. The van der Waals surface area contributed by atoms with Crippen molar-refractivity contribution in [2.24, 2.45) is 0 Å². The molecule has 0 saturated carbocycles. The normalized spacial score (nSPS) is 23.9. The molecule has 0 radical (unpaired) electrons. The molecule has 1 aromatic rings. The van der Waals surface area contributed by atoms with Crippen LogP contribution in [0.4, 0.5) is 0 Å². The highest BCUT2D eigenvalue weighted by atomic mass is 32.2. The molecule has 9 heteroatoms. The lowest BCUT2D eigenvalue weighted by Crippen LogP contribution is -2.56. The summed E-state index contributed by atoms with van der Waals surface area (Å²) in [6.07, 6.45) is 2.85. The monoisotopic (exact) mass is 447 g/mol. The van der Waals surface area contributed by atoms with Crippen LogP contribution in [0, 0.1) is 6.92 Å². The molecule has 168 valence electrons. The van der Waals surface area contributed by atoms with Crippen LogP contribution < -0.4 is 10.1 Å². The van der Waals surface area contributed by atoms with Gasteiger partial charge in [-0.2, -0.15) is 0 Å². The molecule has 1 atom stereocenters. The Kier molecular flexibility index (Phi) is 5.83. The van der Waals surface area contributed by atoms with Gasteiger partial charge in [-0.1, -0.05) is 23.8 Å². The topological polar surface area (TPSA) is 96.0 Å². The van der Waals surface area contributed by atoms with Crippen molar-refractivity contribution >= 4 is 21.7 Å². The fourth-order valence-corrected chi connectivity index (χ4v) is 5.76. The highest BCUT2D eigenvalue weighted by Gasteiger charge is 2.42. The van der Waals surface area contributed by atoms with Crippen LogP contribution in [0.2, 0.25) is 0 Å². The van der Waals surface area contributed by atoms with Gasteiger partial charge >= 0.3 is 0 Å². The van der Waals surface area contributed by atoms with E-state index < -0.39 is 15.4 Å². The zero-order valence-electron chi connectivity index (χ0n) is 18.0. The molecular formula is C22H29N3O5S. The van der Waals surface area contributed by atoms with Crippen LogP contribution in [0.5, 0.6) is 5.75 Å². The number of ether oxygens (including phenoxy) is 1. The van der Waals surface area contributed by atoms with E-state index in [4.69, 9.17) is 4.74 Å². The van der Waals surface area contributed by atoms with E-state index in [1.54, 1.807) is 17.9 Å². The Bertz CT molecular complexity index is 1010. The molecule has 4 rings (SSSR count). The van der Waals surface area contributed by atoms with E-state index >= 15 is 0 Å². The van der Waals surface area contributed by atoms with Crippen LogP contribution in [-0.2, 0) is 26.0 Å². The van der Waals surface area contributed by atoms with Crippen molar-refractivity contribution in [3.8, 4) is 5.75 Å². The molecule has 8 nitrogen and oxygen atoms in total. The summed E-state index contributed by atoms with van der Waals surface area (Å²) in [5.41, 5.74) is 1.62. The third-order valence-corrected chi connectivity index (χ3v) is 7.70. The van der Waals surface area contributed by atoms with Gasteiger partial charge < -0.3 is 19.9 Å². The number of sulfone groups is 1. The Balaban J connectivity index is 1.40. The lowest BCUT2D eigenvalue weighted by Gasteiger charge is -2.42. The maximum atomic E-state index is 12.6. The van der Waals surface area contributed by atoms with Crippen LogP contribution >= 0.6 is 0 Å². The highest BCUT2D eigenvalue weighted by Crippen LogP contribution is 2.36. The minimum Gasteiger partial charge on any atom is -0.485 e. The standard InChI is InChI=1S/C22H29N3O5S/c1-16-3-4-20-18(11-16)13-25(17(2)26)15-22(30-20)6-8-24(9-7-22)21(27)12-23-19-5-10-31(28,29)14-19/h3-5,10-11,19,23H,6-9,12-15H2,1-2H3/t19-/m0/s1. The van der Waals surface area contributed by atoms with Crippen molar-refractivity contribution in [1.29, 1.82) is 0 Å². The summed E-state index contributed by atoms with van der Waals surface area (Å²) in [4.78, 5) is 28.5. The van der Waals surface area contributed by atoms with E-state index in [-0.39, 0.29) is 30.2 Å². The first-order valence-electron chi connectivity index (χ1n) is 10.6. The first kappa shape index (κ1) is 21.8. The summed E-state index contributed by atoms with van der Waals surface area (Å²) in [5.74, 6) is 0.766. The van der Waals surface area contributed by atoms with Crippen LogP contribution in [-0.4, -0.2) is 73.6 Å². The summed E-state index contributed by atoms with van der Waals surface area (Å²) in [6.45, 7) is 5.79. The second kappa shape index (κ2) is 8.27. The molecule has 0 aliphatic carbocycles. The summed E-state index contributed by atoms with van der Waals surface area (Å²) in [5, 5.41) is 4.21. The predicted octanol–water partition coefficient (Wildman–Crippen LogP) is 0.997. The third-order valence-electron chi connectivity index (χ3n) is 6.30. The Morgan fingerprint density at radius 2 is 1.97 bits per heavy atom. The molecule has 1 spiro atoms. The zero-order valence-corrected chi connectivity index (χ0v) is 18.8. The Labute approximate surface area is 183 Å². The summed E-state index contributed by atoms with van der Waals surface area (Å²) >= 11 is 0. The zero-order chi connectivity index (χ0) is 22.2. The molecule has 0 unspecified atom stereocenters. The van der Waals surface area contributed by atoms with Gasteiger partial charge in [0.15, 0.2) is 9.84 Å². The summed E-state index contributed by atoms with van der Waals surface area (Å²) in [6, 6.07) is 5.73. The number of carbonyl (C=O) groups is 2. The van der Waals surface area contributed by atoms with E-state index in [1.165, 1.54) is 5.41 Å². The van der Waals surface area contributed by atoms with Crippen molar-refractivity contribution in [3.05, 3.63) is 40.8 Å². The molecule has 2 amide bonds. The summed E-state index contributed by atoms with van der Waals surface area (Å²) in [7, 11) is -3.15. The number of hydrogen-bond donors (Lipinski definition) is 1. The largest absolute Gasteiger partial charge is 0.485 e. The number of nitrogens with one attached hydrogen (secondary N) is 1. The molecule has 0 aromatic heterocycles. The van der Waals surface area contributed by atoms with Gasteiger partial charge in [-0.15, -0.1) is 0 Å². The number of piperidine rings is 1. The van der Waals surface area contributed by atoms with Gasteiger partial charge in [0.1, 0.15) is 11.4 Å². The van der Waals surface area contributed by atoms with E-state index in [1.807, 2.05) is 24.0 Å². The van der Waals surface area contributed by atoms with Crippen molar-refractivity contribution in [3.63, 3.8) is 0 Å². The average molecular weight is 448 g/mol. The van der Waals surface area contributed by atoms with E-state index in [0.29, 0.717) is 39.0 Å². The molecule has 0 bridgehead atoms. The quantitative estimate of drug-likeness (QED) is 0.743. The molecule has 31 heavy (non-hydrogen) atoms. The number of aryl methyl sites for hydroxylation is 1. The second-order valence-electron chi connectivity index (χ2n) is 8.80. The maximum Gasteiger partial charge on any atom is 0.236 e. The molecule has 1 fully saturated rings. The molecule has 3 aliphatic rings. The van der Waals surface area contributed by atoms with Crippen molar-refractivity contribution < 1.29 is 22.7 Å². The maximum absolute atomic E-state index is 12.6. The SMILES string of the molecule is CC(=O)N1Cc2cc(C)ccc2OC2(CCN(C(=O)CN[C@H]3C=CS(=O)(=O)C3)CC2)C1. The van der Waals surface area contributed by atoms with Crippen LogP contribution in [0.3, 0.4) is 0 Å². The van der Waals surface area contributed by atoms with Gasteiger partial charge in [0.25, 0.3) is 0 Å². The first-order valence-corrected chi connectivity index (χ1v) is 12.3. The van der Waals surface area contributed by atoms with E-state index in [2.05, 4.69) is 11.4 Å². The lowest BCUT2D eigenvalue weighted by molar-refractivity contribution is -0.138. The number of likely N-dealkylation sites (tertiary alicyclic amines) is 1. The first-order chi connectivity index (χ1) is 14.6. The van der Waals surface area contributed by atoms with Gasteiger partial charge in [-0.3, -0.25) is 9.59 Å². The molecule has 1 saturated heterocycles. The van der Waals surface area contributed by atoms with Gasteiger partial charge in [-0.25, -0.2) is 8.42 Å². The number of nitrogens with zero attached hydrogens (tertiary/aromatic N) is 2. The van der Waals surface area contributed by atoms with Gasteiger partial charge in [0, 0.05) is 56.4 Å². The fraction of sp³-hybridized carbons (Fsp3) is 0.545. The average Bonchev–Trinajstić information content (AvgIpc) is 2.98. The van der Waals surface area contributed by atoms with Gasteiger partial charge in [0.2, 0.25) is 11.8 Å². The summed E-state index contributed by atoms with van der Waals surface area (Å²) < 4.78 is 29.5. The van der Waals surface area contributed by atoms with Crippen LogP contribution in [0.1, 0.15) is 30.9 Å².